The molecule has 0 aromatic heterocycles. The van der Waals surface area contributed by atoms with Crippen LogP contribution in [0.2, 0.25) is 0 Å². The molecule has 1 heterocycles. The number of aliphatic hydroxyl groups is 1. The third-order valence-electron chi connectivity index (χ3n) is 3.97. The Labute approximate surface area is 97.9 Å². The SMILES string of the molecule is C[C@H]1CC(O)(c2ccccc2)C[C@H](C)N1C. The molecule has 0 spiro atoms. The van der Waals surface area contributed by atoms with Crippen LogP contribution in [-0.4, -0.2) is 29.1 Å². The molecule has 16 heavy (non-hydrogen) atoms. The van der Waals surface area contributed by atoms with Crippen LogP contribution in [0.4, 0.5) is 0 Å². The van der Waals surface area contributed by atoms with E-state index < -0.39 is 5.60 Å². The number of piperidine rings is 1. The molecule has 1 N–H and O–H groups in total. The van der Waals surface area contributed by atoms with Crippen molar-refractivity contribution in [3.63, 3.8) is 0 Å². The number of hydrogen-bond donors (Lipinski definition) is 1. The van der Waals surface area contributed by atoms with Crippen LogP contribution < -0.4 is 0 Å². The molecule has 2 rings (SSSR count). The minimum absolute atomic E-state index is 0.425. The van der Waals surface area contributed by atoms with Gasteiger partial charge in [0.05, 0.1) is 5.60 Å². The Kier molecular flexibility index (Phi) is 3.04. The Morgan fingerprint density at radius 1 is 1.12 bits per heavy atom. The molecule has 0 saturated carbocycles. The number of rotatable bonds is 1. The zero-order chi connectivity index (χ0) is 11.8. The van der Waals surface area contributed by atoms with E-state index in [9.17, 15) is 5.11 Å². The molecule has 0 amide bonds. The first-order valence-corrected chi connectivity index (χ1v) is 6.03. The van der Waals surface area contributed by atoms with Gasteiger partial charge in [-0.3, -0.25) is 0 Å². The predicted octanol–water partition coefficient (Wildman–Crippen LogP) is 2.38. The van der Waals surface area contributed by atoms with Gasteiger partial charge in [0.15, 0.2) is 0 Å². The minimum Gasteiger partial charge on any atom is -0.385 e. The summed E-state index contributed by atoms with van der Waals surface area (Å²) in [7, 11) is 2.14. The van der Waals surface area contributed by atoms with Crippen LogP contribution in [-0.2, 0) is 5.60 Å². The van der Waals surface area contributed by atoms with Gasteiger partial charge in [0.25, 0.3) is 0 Å². The lowest BCUT2D eigenvalue weighted by Gasteiger charge is -2.45. The van der Waals surface area contributed by atoms with Crippen molar-refractivity contribution >= 4 is 0 Å². The largest absolute Gasteiger partial charge is 0.385 e. The fraction of sp³-hybridized carbons (Fsp3) is 0.571. The summed E-state index contributed by atoms with van der Waals surface area (Å²) in [6.45, 7) is 4.37. The van der Waals surface area contributed by atoms with E-state index in [2.05, 4.69) is 25.8 Å². The standard InChI is InChI=1S/C14H21NO/c1-11-9-14(16,10-12(2)15(11)3)13-7-5-4-6-8-13/h4-8,11-12,16H,9-10H2,1-3H3/t11-,12-/m0/s1. The third-order valence-corrected chi connectivity index (χ3v) is 3.97. The van der Waals surface area contributed by atoms with E-state index in [0.29, 0.717) is 12.1 Å². The summed E-state index contributed by atoms with van der Waals surface area (Å²) in [6.07, 6.45) is 1.63. The molecule has 0 bridgehead atoms. The molecule has 0 aliphatic carbocycles. The van der Waals surface area contributed by atoms with Gasteiger partial charge in [0.1, 0.15) is 0 Å². The fourth-order valence-corrected chi connectivity index (χ4v) is 2.77. The number of hydrogen-bond acceptors (Lipinski definition) is 2. The molecule has 1 aromatic rings. The van der Waals surface area contributed by atoms with Crippen LogP contribution in [0.1, 0.15) is 32.3 Å². The van der Waals surface area contributed by atoms with Gasteiger partial charge < -0.3 is 10.0 Å². The molecular formula is C14H21NO. The van der Waals surface area contributed by atoms with Crippen molar-refractivity contribution in [3.05, 3.63) is 35.9 Å². The Balaban J connectivity index is 2.27. The summed E-state index contributed by atoms with van der Waals surface area (Å²) < 4.78 is 0. The number of benzene rings is 1. The molecule has 1 aliphatic heterocycles. The van der Waals surface area contributed by atoms with E-state index in [1.807, 2.05) is 30.3 Å². The van der Waals surface area contributed by atoms with Crippen molar-refractivity contribution in [2.45, 2.75) is 44.4 Å². The molecule has 88 valence electrons. The molecule has 0 unspecified atom stereocenters. The van der Waals surface area contributed by atoms with Crippen molar-refractivity contribution in [1.29, 1.82) is 0 Å². The van der Waals surface area contributed by atoms with Gasteiger partial charge in [-0.25, -0.2) is 0 Å². The highest BCUT2D eigenvalue weighted by Gasteiger charge is 2.39. The van der Waals surface area contributed by atoms with Crippen LogP contribution >= 0.6 is 0 Å². The monoisotopic (exact) mass is 219 g/mol. The molecule has 2 nitrogen and oxygen atoms in total. The van der Waals surface area contributed by atoms with Gasteiger partial charge in [0, 0.05) is 12.1 Å². The molecule has 2 atom stereocenters. The topological polar surface area (TPSA) is 23.5 Å². The summed E-state index contributed by atoms with van der Waals surface area (Å²) in [5.74, 6) is 0. The minimum atomic E-state index is -0.646. The molecule has 1 aromatic carbocycles. The van der Waals surface area contributed by atoms with E-state index >= 15 is 0 Å². The zero-order valence-electron chi connectivity index (χ0n) is 10.4. The van der Waals surface area contributed by atoms with Crippen LogP contribution in [0.25, 0.3) is 0 Å². The number of likely N-dealkylation sites (tertiary alicyclic amines) is 1. The molecule has 2 heteroatoms. The van der Waals surface area contributed by atoms with E-state index in [1.54, 1.807) is 0 Å². The Morgan fingerprint density at radius 2 is 1.62 bits per heavy atom. The first-order valence-electron chi connectivity index (χ1n) is 6.03. The van der Waals surface area contributed by atoms with E-state index in [1.165, 1.54) is 0 Å². The van der Waals surface area contributed by atoms with Gasteiger partial charge in [-0.2, -0.15) is 0 Å². The highest BCUT2D eigenvalue weighted by molar-refractivity contribution is 5.23. The lowest BCUT2D eigenvalue weighted by Crippen LogP contribution is -2.50. The van der Waals surface area contributed by atoms with Gasteiger partial charge in [0.2, 0.25) is 0 Å². The van der Waals surface area contributed by atoms with E-state index in [4.69, 9.17) is 0 Å². The summed E-state index contributed by atoms with van der Waals surface area (Å²) in [5, 5.41) is 10.8. The third kappa shape index (κ3) is 2.00. The first kappa shape index (κ1) is 11.6. The van der Waals surface area contributed by atoms with Crippen LogP contribution in [0.15, 0.2) is 30.3 Å². The normalized spacial score (nSPS) is 36.2. The second-order valence-corrected chi connectivity index (χ2v) is 5.17. The maximum absolute atomic E-state index is 10.8. The highest BCUT2D eigenvalue weighted by Crippen LogP contribution is 2.37. The molecule has 0 radical (unpaired) electrons. The zero-order valence-corrected chi connectivity index (χ0v) is 10.4. The summed E-state index contributed by atoms with van der Waals surface area (Å²) in [5.41, 5.74) is 0.411. The van der Waals surface area contributed by atoms with Crippen LogP contribution in [0.5, 0.6) is 0 Å². The second-order valence-electron chi connectivity index (χ2n) is 5.17. The summed E-state index contributed by atoms with van der Waals surface area (Å²) in [6, 6.07) is 10.9. The van der Waals surface area contributed by atoms with Crippen molar-refractivity contribution < 1.29 is 5.11 Å². The molecule has 1 fully saturated rings. The Morgan fingerprint density at radius 3 is 2.12 bits per heavy atom. The molecule has 1 saturated heterocycles. The maximum atomic E-state index is 10.8. The summed E-state index contributed by atoms with van der Waals surface area (Å²) >= 11 is 0. The van der Waals surface area contributed by atoms with Gasteiger partial charge in [-0.1, -0.05) is 30.3 Å². The van der Waals surface area contributed by atoms with Crippen molar-refractivity contribution in [1.82, 2.24) is 4.90 Å². The Bertz CT molecular complexity index is 337. The predicted molar refractivity (Wildman–Crippen MR) is 66.3 cm³/mol. The fourth-order valence-electron chi connectivity index (χ4n) is 2.77. The highest BCUT2D eigenvalue weighted by atomic mass is 16.3. The van der Waals surface area contributed by atoms with Crippen LogP contribution in [0.3, 0.4) is 0 Å². The first-order chi connectivity index (χ1) is 7.53. The maximum Gasteiger partial charge on any atom is 0.0926 e. The smallest absolute Gasteiger partial charge is 0.0926 e. The number of nitrogens with zero attached hydrogens (tertiary/aromatic N) is 1. The second kappa shape index (κ2) is 4.19. The van der Waals surface area contributed by atoms with Gasteiger partial charge in [-0.05, 0) is 39.3 Å². The lowest BCUT2D eigenvalue weighted by molar-refractivity contribution is -0.0629. The summed E-state index contributed by atoms with van der Waals surface area (Å²) in [4.78, 5) is 2.34. The van der Waals surface area contributed by atoms with Crippen molar-refractivity contribution in [2.75, 3.05) is 7.05 Å². The van der Waals surface area contributed by atoms with Gasteiger partial charge in [-0.15, -0.1) is 0 Å². The average molecular weight is 219 g/mol. The van der Waals surface area contributed by atoms with E-state index in [-0.39, 0.29) is 0 Å². The molecular weight excluding hydrogens is 198 g/mol. The van der Waals surface area contributed by atoms with Crippen molar-refractivity contribution in [3.8, 4) is 0 Å². The van der Waals surface area contributed by atoms with Crippen molar-refractivity contribution in [2.24, 2.45) is 0 Å². The van der Waals surface area contributed by atoms with Crippen LogP contribution in [0, 0.1) is 0 Å². The lowest BCUT2D eigenvalue weighted by atomic mass is 9.78. The van der Waals surface area contributed by atoms with E-state index in [0.717, 1.165) is 18.4 Å². The average Bonchev–Trinajstić information content (AvgIpc) is 2.27. The quantitative estimate of drug-likeness (QED) is 0.784. The molecule has 1 aliphatic rings. The Hall–Kier alpha value is -0.860. The van der Waals surface area contributed by atoms with Gasteiger partial charge >= 0.3 is 0 Å².